The van der Waals surface area contributed by atoms with E-state index in [9.17, 15) is 4.79 Å². The van der Waals surface area contributed by atoms with Gasteiger partial charge in [-0.25, -0.2) is 0 Å². The average Bonchev–Trinajstić information content (AvgIpc) is 2.86. The number of hydrogen-bond acceptors (Lipinski definition) is 2. The van der Waals surface area contributed by atoms with Gasteiger partial charge in [-0.05, 0) is 66.4 Å². The monoisotopic (exact) mass is 464 g/mol. The second kappa shape index (κ2) is 9.95. The largest absolute Gasteiger partial charge is 0.465 e. The molecule has 0 radical (unpaired) electrons. The van der Waals surface area contributed by atoms with E-state index in [1.54, 1.807) is 0 Å². The molecule has 1 fully saturated rings. The van der Waals surface area contributed by atoms with Gasteiger partial charge in [-0.15, -0.1) is 0 Å². The van der Waals surface area contributed by atoms with Crippen molar-refractivity contribution in [1.29, 1.82) is 0 Å². The van der Waals surface area contributed by atoms with Gasteiger partial charge in [0, 0.05) is 0 Å². The van der Waals surface area contributed by atoms with Crippen LogP contribution in [-0.4, -0.2) is 12.6 Å². The third kappa shape index (κ3) is 4.19. The Kier molecular flexibility index (Phi) is 6.61. The minimum absolute atomic E-state index is 0.0810. The van der Waals surface area contributed by atoms with Crippen LogP contribution >= 0.6 is 7.92 Å². The molecule has 1 aliphatic carbocycles. The lowest BCUT2D eigenvalue weighted by Crippen LogP contribution is -2.43. The van der Waals surface area contributed by atoms with Gasteiger partial charge in [0.15, 0.2) is 0 Å². The predicted octanol–water partition coefficient (Wildman–Crippen LogP) is 6.10. The molecule has 1 aliphatic rings. The van der Waals surface area contributed by atoms with Gasteiger partial charge >= 0.3 is 5.97 Å². The van der Waals surface area contributed by atoms with Crippen LogP contribution in [-0.2, 0) is 14.9 Å². The van der Waals surface area contributed by atoms with Gasteiger partial charge < -0.3 is 4.74 Å². The molecule has 0 saturated heterocycles. The van der Waals surface area contributed by atoms with Gasteiger partial charge in [0.05, 0.1) is 12.0 Å². The molecule has 0 aromatic heterocycles. The normalized spacial score (nSPS) is 14.4. The van der Waals surface area contributed by atoms with E-state index in [0.29, 0.717) is 6.61 Å². The van der Waals surface area contributed by atoms with Crippen LogP contribution in [0.4, 0.5) is 0 Å². The van der Waals surface area contributed by atoms with Crippen LogP contribution in [0.2, 0.25) is 0 Å². The van der Waals surface area contributed by atoms with Crippen LogP contribution in [0.25, 0.3) is 11.1 Å². The Bertz CT molecular complexity index is 1220. The van der Waals surface area contributed by atoms with E-state index in [0.717, 1.165) is 30.4 Å². The molecule has 1 saturated carbocycles. The van der Waals surface area contributed by atoms with Gasteiger partial charge in [0.1, 0.15) is 0 Å². The number of hydrogen-bond donors (Lipinski definition) is 0. The quantitative estimate of drug-likeness (QED) is 0.244. The molecule has 0 bridgehead atoms. The number of esters is 1. The Labute approximate surface area is 203 Å². The molecule has 5 rings (SSSR count). The molecule has 0 N–H and O–H groups in total. The van der Waals surface area contributed by atoms with Gasteiger partial charge in [-0.1, -0.05) is 110 Å². The molecule has 0 unspecified atom stereocenters. The Morgan fingerprint density at radius 1 is 0.794 bits per heavy atom. The van der Waals surface area contributed by atoms with E-state index < -0.39 is 13.3 Å². The Morgan fingerprint density at radius 2 is 1.41 bits per heavy atom. The molecule has 0 amide bonds. The number of carbonyl (C=O) groups excluding carboxylic acids is 1. The van der Waals surface area contributed by atoms with Crippen molar-refractivity contribution in [2.24, 2.45) is 0 Å². The molecule has 170 valence electrons. The summed E-state index contributed by atoms with van der Waals surface area (Å²) in [5, 5.41) is 3.98. The van der Waals surface area contributed by atoms with Gasteiger partial charge in [-0.3, -0.25) is 4.79 Å². The first-order chi connectivity index (χ1) is 16.7. The second-order valence-electron chi connectivity index (χ2n) is 8.76. The number of benzene rings is 4. The van der Waals surface area contributed by atoms with E-state index in [1.807, 2.05) is 6.92 Å². The highest BCUT2D eigenvalue weighted by molar-refractivity contribution is 7.80. The van der Waals surface area contributed by atoms with Crippen molar-refractivity contribution in [3.63, 3.8) is 0 Å². The summed E-state index contributed by atoms with van der Waals surface area (Å²) in [6.45, 7) is 2.30. The van der Waals surface area contributed by atoms with E-state index in [2.05, 4.69) is 109 Å². The zero-order valence-electron chi connectivity index (χ0n) is 19.5. The molecule has 0 spiro atoms. The molecule has 34 heavy (non-hydrogen) atoms. The number of carbonyl (C=O) groups is 1. The topological polar surface area (TPSA) is 26.3 Å². The minimum atomic E-state index is -0.728. The molecule has 2 nitrogen and oxygen atoms in total. The van der Waals surface area contributed by atoms with E-state index in [4.69, 9.17) is 4.74 Å². The van der Waals surface area contributed by atoms with Crippen LogP contribution in [0, 0.1) is 0 Å². The maximum Gasteiger partial charge on any atom is 0.316 e. The zero-order chi connectivity index (χ0) is 23.4. The molecule has 4 aromatic rings. The van der Waals surface area contributed by atoms with Crippen LogP contribution in [0.3, 0.4) is 0 Å². The van der Waals surface area contributed by atoms with Gasteiger partial charge in [-0.2, -0.15) is 0 Å². The fourth-order valence-electron chi connectivity index (χ4n) is 4.89. The zero-order valence-corrected chi connectivity index (χ0v) is 20.4. The summed E-state index contributed by atoms with van der Waals surface area (Å²) in [6.07, 6.45) is 2.78. The average molecular weight is 465 g/mol. The molecule has 0 aliphatic heterocycles. The van der Waals surface area contributed by atoms with Crippen molar-refractivity contribution in [1.82, 2.24) is 0 Å². The van der Waals surface area contributed by atoms with E-state index >= 15 is 0 Å². The molecule has 0 heterocycles. The van der Waals surface area contributed by atoms with Crippen molar-refractivity contribution >= 4 is 29.8 Å². The summed E-state index contributed by atoms with van der Waals surface area (Å²) in [5.74, 6) is -0.0810. The molecule has 0 atom stereocenters. The van der Waals surface area contributed by atoms with Crippen molar-refractivity contribution in [3.8, 4) is 11.1 Å². The standard InChI is InChI=1S/C31H29O2P/c1-2-33-30(32)31(21-12-22-31)25-14-11-13-24(23-25)28-19-9-10-20-29(28)34(26-15-5-3-6-16-26)27-17-7-4-8-18-27/h3-11,13-20,23H,2,12,21-22H2,1H3. The predicted molar refractivity (Wildman–Crippen MR) is 143 cm³/mol. The lowest BCUT2D eigenvalue weighted by atomic mass is 9.64. The highest BCUT2D eigenvalue weighted by Crippen LogP contribution is 2.46. The highest BCUT2D eigenvalue weighted by Gasteiger charge is 2.47. The van der Waals surface area contributed by atoms with E-state index in [-0.39, 0.29) is 5.97 Å². The summed E-state index contributed by atoms with van der Waals surface area (Å²) >= 11 is 0. The van der Waals surface area contributed by atoms with Crippen LogP contribution in [0.15, 0.2) is 109 Å². The minimum Gasteiger partial charge on any atom is -0.465 e. The SMILES string of the molecule is CCOC(=O)C1(c2cccc(-c3ccccc3P(c3ccccc3)c3ccccc3)c2)CCC1. The highest BCUT2D eigenvalue weighted by atomic mass is 31.1. The Hall–Kier alpha value is -3.22. The molecular weight excluding hydrogens is 435 g/mol. The fraction of sp³-hybridized carbons (Fsp3) is 0.194. The van der Waals surface area contributed by atoms with Crippen molar-refractivity contribution < 1.29 is 9.53 Å². The summed E-state index contributed by atoms with van der Waals surface area (Å²) in [4.78, 5) is 12.9. The fourth-order valence-corrected chi connectivity index (χ4v) is 7.36. The lowest BCUT2D eigenvalue weighted by Gasteiger charge is -2.39. The van der Waals surface area contributed by atoms with Crippen LogP contribution in [0.1, 0.15) is 31.7 Å². The number of rotatable bonds is 7. The maximum absolute atomic E-state index is 12.9. The Morgan fingerprint density at radius 3 is 2.00 bits per heavy atom. The molecule has 3 heteroatoms. The second-order valence-corrected chi connectivity index (χ2v) is 10.9. The molecule has 4 aromatic carbocycles. The van der Waals surface area contributed by atoms with Crippen molar-refractivity contribution in [2.75, 3.05) is 6.61 Å². The number of ether oxygens (including phenoxy) is 1. The van der Waals surface area contributed by atoms with E-state index in [1.165, 1.54) is 21.5 Å². The maximum atomic E-state index is 12.9. The molecular formula is C31H29O2P. The summed E-state index contributed by atoms with van der Waals surface area (Å²) < 4.78 is 5.49. The lowest BCUT2D eigenvalue weighted by molar-refractivity contribution is -0.153. The van der Waals surface area contributed by atoms with Crippen molar-refractivity contribution in [3.05, 3.63) is 115 Å². The Balaban J connectivity index is 1.63. The first kappa shape index (κ1) is 22.6. The van der Waals surface area contributed by atoms with Gasteiger partial charge in [0.25, 0.3) is 0 Å². The smallest absolute Gasteiger partial charge is 0.316 e. The van der Waals surface area contributed by atoms with Gasteiger partial charge in [0.2, 0.25) is 0 Å². The summed E-state index contributed by atoms with van der Waals surface area (Å²) in [7, 11) is -0.728. The summed E-state index contributed by atoms with van der Waals surface area (Å²) in [5.41, 5.74) is 2.96. The van der Waals surface area contributed by atoms with Crippen molar-refractivity contribution in [2.45, 2.75) is 31.6 Å². The first-order valence-electron chi connectivity index (χ1n) is 12.0. The first-order valence-corrected chi connectivity index (χ1v) is 13.3. The third-order valence-corrected chi connectivity index (χ3v) is 9.27. The third-order valence-electron chi connectivity index (χ3n) is 6.77. The summed E-state index contributed by atoms with van der Waals surface area (Å²) in [6, 6.07) is 38.9. The van der Waals surface area contributed by atoms with Crippen LogP contribution in [0.5, 0.6) is 0 Å². The van der Waals surface area contributed by atoms with Crippen LogP contribution < -0.4 is 15.9 Å².